The van der Waals surface area contributed by atoms with Gasteiger partial charge in [-0.15, -0.1) is 0 Å². The number of nitrogens with zero attached hydrogens (tertiary/aromatic N) is 1. The molecule has 1 aromatic carbocycles. The highest BCUT2D eigenvalue weighted by Crippen LogP contribution is 2.30. The molecule has 2 atom stereocenters. The Morgan fingerprint density at radius 1 is 1.50 bits per heavy atom. The molecule has 0 saturated carbocycles. The van der Waals surface area contributed by atoms with Crippen LogP contribution >= 0.6 is 15.9 Å². The molecule has 0 aliphatic heterocycles. The van der Waals surface area contributed by atoms with E-state index in [1.807, 2.05) is 0 Å². The lowest BCUT2D eigenvalue weighted by Crippen LogP contribution is -2.18. The Morgan fingerprint density at radius 3 is 2.75 bits per heavy atom. The number of benzene rings is 1. The zero-order valence-corrected chi connectivity index (χ0v) is 10.3. The topological polar surface area (TPSA) is 73.5 Å². The lowest BCUT2D eigenvalue weighted by atomic mass is 10.0. The van der Waals surface area contributed by atoms with Crippen LogP contribution in [0.1, 0.15) is 18.1 Å². The molecule has 0 heterocycles. The number of aliphatic hydroxyl groups excluding tert-OH is 2. The molecule has 0 fully saturated rings. The Hall–Kier alpha value is -1.09. The van der Waals surface area contributed by atoms with E-state index in [1.165, 1.54) is 7.11 Å². The Balaban J connectivity index is 2.99. The van der Waals surface area contributed by atoms with Crippen molar-refractivity contribution >= 4 is 15.9 Å². The predicted molar refractivity (Wildman–Crippen MR) is 61.9 cm³/mol. The summed E-state index contributed by atoms with van der Waals surface area (Å²) < 4.78 is 5.91. The molecule has 86 valence electrons. The van der Waals surface area contributed by atoms with Crippen LogP contribution in [0.25, 0.3) is 0 Å². The second-order valence-electron chi connectivity index (χ2n) is 3.26. The van der Waals surface area contributed by atoms with Gasteiger partial charge in [-0.3, -0.25) is 0 Å². The number of hydrogen-bond donors (Lipinski definition) is 2. The highest BCUT2D eigenvalue weighted by molar-refractivity contribution is 9.10. The van der Waals surface area contributed by atoms with Crippen molar-refractivity contribution in [2.75, 3.05) is 7.11 Å². The fourth-order valence-corrected chi connectivity index (χ4v) is 1.68. The first-order valence-corrected chi connectivity index (χ1v) is 5.46. The van der Waals surface area contributed by atoms with Gasteiger partial charge in [-0.05, 0) is 12.1 Å². The third-order valence-corrected chi connectivity index (χ3v) is 2.67. The smallest absolute Gasteiger partial charge is 0.125 e. The van der Waals surface area contributed by atoms with E-state index in [2.05, 4.69) is 15.9 Å². The predicted octanol–water partition coefficient (Wildman–Crippen LogP) is 1.77. The summed E-state index contributed by atoms with van der Waals surface area (Å²) in [5, 5.41) is 27.8. The van der Waals surface area contributed by atoms with Crippen LogP contribution in [0.2, 0.25) is 0 Å². The van der Waals surface area contributed by atoms with Gasteiger partial charge in [0.15, 0.2) is 0 Å². The molecule has 1 aromatic rings. The Kier molecular flexibility index (Phi) is 4.74. The third-order valence-electron chi connectivity index (χ3n) is 2.18. The van der Waals surface area contributed by atoms with E-state index >= 15 is 0 Å². The van der Waals surface area contributed by atoms with Crippen molar-refractivity contribution in [1.29, 1.82) is 5.26 Å². The lowest BCUT2D eigenvalue weighted by molar-refractivity contribution is 0.0202. The minimum atomic E-state index is -1.12. The molecule has 2 unspecified atom stereocenters. The van der Waals surface area contributed by atoms with Gasteiger partial charge in [0.1, 0.15) is 11.9 Å². The molecular weight excluding hydrogens is 274 g/mol. The van der Waals surface area contributed by atoms with Crippen molar-refractivity contribution in [3.05, 3.63) is 28.2 Å². The number of aliphatic hydroxyl groups is 2. The molecule has 0 spiro atoms. The maximum Gasteiger partial charge on any atom is 0.125 e. The average molecular weight is 286 g/mol. The van der Waals surface area contributed by atoms with Crippen LogP contribution in [0, 0.1) is 11.3 Å². The molecule has 0 bridgehead atoms. The number of ether oxygens (including phenoxy) is 1. The van der Waals surface area contributed by atoms with Crippen molar-refractivity contribution in [3.63, 3.8) is 0 Å². The molecule has 0 aliphatic rings. The number of rotatable bonds is 4. The maximum atomic E-state index is 9.83. The van der Waals surface area contributed by atoms with Crippen molar-refractivity contribution in [3.8, 4) is 11.8 Å². The molecule has 0 amide bonds. The highest BCUT2D eigenvalue weighted by Gasteiger charge is 2.21. The van der Waals surface area contributed by atoms with Crippen molar-refractivity contribution in [1.82, 2.24) is 0 Å². The van der Waals surface area contributed by atoms with E-state index < -0.39 is 12.2 Å². The molecule has 0 saturated heterocycles. The lowest BCUT2D eigenvalue weighted by Gasteiger charge is -2.18. The van der Waals surface area contributed by atoms with E-state index in [0.29, 0.717) is 11.3 Å². The Labute approximate surface area is 102 Å². The van der Waals surface area contributed by atoms with Crippen LogP contribution in [0.15, 0.2) is 22.7 Å². The minimum absolute atomic E-state index is 0.125. The van der Waals surface area contributed by atoms with Crippen LogP contribution in [0.5, 0.6) is 5.75 Å². The van der Waals surface area contributed by atoms with Crippen LogP contribution < -0.4 is 4.74 Å². The first kappa shape index (κ1) is 13.0. The third kappa shape index (κ3) is 2.95. The molecule has 0 aliphatic carbocycles. The summed E-state index contributed by atoms with van der Waals surface area (Å²) in [4.78, 5) is 0. The molecule has 0 aromatic heterocycles. The van der Waals surface area contributed by atoms with E-state index in [4.69, 9.17) is 10.00 Å². The average Bonchev–Trinajstić information content (AvgIpc) is 2.28. The molecule has 16 heavy (non-hydrogen) atoms. The van der Waals surface area contributed by atoms with Crippen LogP contribution in [-0.2, 0) is 0 Å². The van der Waals surface area contributed by atoms with Crippen LogP contribution in [-0.4, -0.2) is 23.4 Å². The first-order valence-electron chi connectivity index (χ1n) is 4.66. The largest absolute Gasteiger partial charge is 0.496 e. The zero-order chi connectivity index (χ0) is 12.1. The van der Waals surface area contributed by atoms with Gasteiger partial charge < -0.3 is 14.9 Å². The summed E-state index contributed by atoms with van der Waals surface area (Å²) in [7, 11) is 1.48. The SMILES string of the molecule is COc1cc(Br)ccc1C(O)C(O)CC#N. The molecule has 2 N–H and O–H groups in total. The quantitative estimate of drug-likeness (QED) is 0.884. The number of methoxy groups -OCH3 is 1. The van der Waals surface area contributed by atoms with Gasteiger partial charge in [-0.25, -0.2) is 0 Å². The van der Waals surface area contributed by atoms with Gasteiger partial charge in [0.05, 0.1) is 25.7 Å². The fraction of sp³-hybridized carbons (Fsp3) is 0.364. The highest BCUT2D eigenvalue weighted by atomic mass is 79.9. The second kappa shape index (κ2) is 5.85. The van der Waals surface area contributed by atoms with E-state index in [-0.39, 0.29) is 6.42 Å². The van der Waals surface area contributed by atoms with Crippen molar-refractivity contribution in [2.24, 2.45) is 0 Å². The van der Waals surface area contributed by atoms with Gasteiger partial charge in [-0.1, -0.05) is 22.0 Å². The number of nitriles is 1. The molecule has 1 rings (SSSR count). The summed E-state index contributed by atoms with van der Waals surface area (Å²) >= 11 is 3.28. The van der Waals surface area contributed by atoms with Crippen LogP contribution in [0.4, 0.5) is 0 Å². The normalized spacial score (nSPS) is 13.9. The van der Waals surface area contributed by atoms with E-state index in [0.717, 1.165) is 4.47 Å². The van der Waals surface area contributed by atoms with Gasteiger partial charge in [0.2, 0.25) is 0 Å². The molecular formula is C11H12BrNO3. The van der Waals surface area contributed by atoms with Gasteiger partial charge in [-0.2, -0.15) is 5.26 Å². The monoisotopic (exact) mass is 285 g/mol. The summed E-state index contributed by atoms with van der Waals surface area (Å²) in [6.07, 6.45) is -2.36. The van der Waals surface area contributed by atoms with Crippen molar-refractivity contribution < 1.29 is 14.9 Å². The molecule has 4 nitrogen and oxygen atoms in total. The standard InChI is InChI=1S/C11H12BrNO3/c1-16-10-6-7(12)2-3-8(10)11(15)9(14)4-5-13/h2-3,6,9,11,14-15H,4H2,1H3. The fourth-order valence-electron chi connectivity index (χ4n) is 1.34. The minimum Gasteiger partial charge on any atom is -0.496 e. The summed E-state index contributed by atoms with van der Waals surface area (Å²) in [5.74, 6) is 0.471. The molecule has 0 radical (unpaired) electrons. The Bertz CT molecular complexity index is 403. The van der Waals surface area contributed by atoms with Crippen molar-refractivity contribution in [2.45, 2.75) is 18.6 Å². The molecule has 5 heteroatoms. The van der Waals surface area contributed by atoms with E-state index in [9.17, 15) is 10.2 Å². The Morgan fingerprint density at radius 2 is 2.19 bits per heavy atom. The van der Waals surface area contributed by atoms with Gasteiger partial charge >= 0.3 is 0 Å². The second-order valence-corrected chi connectivity index (χ2v) is 4.18. The maximum absolute atomic E-state index is 9.83. The summed E-state index contributed by atoms with van der Waals surface area (Å²) in [5.41, 5.74) is 0.466. The van der Waals surface area contributed by atoms with E-state index in [1.54, 1.807) is 24.3 Å². The summed E-state index contributed by atoms with van der Waals surface area (Å²) in [6.45, 7) is 0. The van der Waals surface area contributed by atoms with Gasteiger partial charge in [0, 0.05) is 10.0 Å². The van der Waals surface area contributed by atoms with Crippen LogP contribution in [0.3, 0.4) is 0 Å². The van der Waals surface area contributed by atoms with Gasteiger partial charge in [0.25, 0.3) is 0 Å². The number of hydrogen-bond acceptors (Lipinski definition) is 4. The number of halogens is 1. The first-order chi connectivity index (χ1) is 7.60. The summed E-state index contributed by atoms with van der Waals surface area (Å²) in [6, 6.07) is 6.88. The zero-order valence-electron chi connectivity index (χ0n) is 8.72.